The third-order valence-corrected chi connectivity index (χ3v) is 3.39. The highest BCUT2D eigenvalue weighted by Crippen LogP contribution is 2.16. The normalized spacial score (nSPS) is 15.5. The van der Waals surface area contributed by atoms with Crippen molar-refractivity contribution in [3.63, 3.8) is 0 Å². The van der Waals surface area contributed by atoms with Crippen LogP contribution in [0.3, 0.4) is 0 Å². The molecule has 20 heavy (non-hydrogen) atoms. The van der Waals surface area contributed by atoms with Gasteiger partial charge in [0.05, 0.1) is 0 Å². The number of nitrogens with zero attached hydrogens (tertiary/aromatic N) is 6. The van der Waals surface area contributed by atoms with Crippen molar-refractivity contribution in [2.75, 3.05) is 36.0 Å². The molecule has 3 heterocycles. The zero-order valence-corrected chi connectivity index (χ0v) is 11.8. The Morgan fingerprint density at radius 2 is 1.55 bits per heavy atom. The summed E-state index contributed by atoms with van der Waals surface area (Å²) in [4.78, 5) is 21.9. The van der Waals surface area contributed by atoms with Gasteiger partial charge in [-0.2, -0.15) is 0 Å². The van der Waals surface area contributed by atoms with E-state index in [1.807, 2.05) is 26.0 Å². The first-order chi connectivity index (χ1) is 9.72. The Morgan fingerprint density at radius 1 is 0.900 bits per heavy atom. The van der Waals surface area contributed by atoms with Gasteiger partial charge in [0.2, 0.25) is 5.95 Å². The lowest BCUT2D eigenvalue weighted by atomic mass is 10.3. The van der Waals surface area contributed by atoms with E-state index in [0.29, 0.717) is 0 Å². The summed E-state index contributed by atoms with van der Waals surface area (Å²) in [5, 5.41) is 0. The number of hydrogen-bond donors (Lipinski definition) is 0. The summed E-state index contributed by atoms with van der Waals surface area (Å²) < 4.78 is 0. The summed E-state index contributed by atoms with van der Waals surface area (Å²) in [6.45, 7) is 7.61. The molecule has 0 aromatic carbocycles. The molecule has 0 N–H and O–H groups in total. The minimum Gasteiger partial charge on any atom is -0.353 e. The van der Waals surface area contributed by atoms with E-state index in [4.69, 9.17) is 0 Å². The average Bonchev–Trinajstić information content (AvgIpc) is 2.47. The fourth-order valence-corrected chi connectivity index (χ4v) is 2.45. The van der Waals surface area contributed by atoms with Gasteiger partial charge in [-0.05, 0) is 19.9 Å². The van der Waals surface area contributed by atoms with E-state index >= 15 is 0 Å². The van der Waals surface area contributed by atoms with Crippen molar-refractivity contribution in [2.45, 2.75) is 13.8 Å². The van der Waals surface area contributed by atoms with E-state index in [-0.39, 0.29) is 0 Å². The number of aryl methyl sites for hydroxylation is 2. The molecule has 1 saturated heterocycles. The molecule has 1 aliphatic rings. The third-order valence-electron chi connectivity index (χ3n) is 3.39. The molecule has 0 amide bonds. The van der Waals surface area contributed by atoms with Gasteiger partial charge in [-0.3, -0.25) is 0 Å². The second-order valence-electron chi connectivity index (χ2n) is 4.94. The van der Waals surface area contributed by atoms with Gasteiger partial charge in [-0.1, -0.05) is 0 Å². The molecule has 0 unspecified atom stereocenters. The van der Waals surface area contributed by atoms with E-state index in [1.54, 1.807) is 12.4 Å². The minimum absolute atomic E-state index is 0.808. The van der Waals surface area contributed by atoms with E-state index < -0.39 is 0 Å². The van der Waals surface area contributed by atoms with Gasteiger partial charge in [0.1, 0.15) is 11.6 Å². The zero-order chi connectivity index (χ0) is 13.9. The maximum absolute atomic E-state index is 4.52. The zero-order valence-electron chi connectivity index (χ0n) is 11.8. The summed E-state index contributed by atoms with van der Waals surface area (Å²) in [5.74, 6) is 2.65. The SMILES string of the molecule is Cc1cc(N2CCN(c3ncccn3)CC2)nc(C)n1. The molecule has 0 spiro atoms. The highest BCUT2D eigenvalue weighted by atomic mass is 15.3. The van der Waals surface area contributed by atoms with Crippen LogP contribution in [0, 0.1) is 13.8 Å². The molecular weight excluding hydrogens is 252 g/mol. The number of anilines is 2. The topological polar surface area (TPSA) is 58.0 Å². The maximum Gasteiger partial charge on any atom is 0.225 e. The van der Waals surface area contributed by atoms with E-state index in [0.717, 1.165) is 49.5 Å². The fraction of sp³-hybridized carbons (Fsp3) is 0.429. The standard InChI is InChI=1S/C14H18N6/c1-11-10-13(18-12(2)17-11)19-6-8-20(9-7-19)14-15-4-3-5-16-14/h3-5,10H,6-9H2,1-2H3. The van der Waals surface area contributed by atoms with Gasteiger partial charge in [-0.25, -0.2) is 19.9 Å². The van der Waals surface area contributed by atoms with Crippen LogP contribution in [0.5, 0.6) is 0 Å². The van der Waals surface area contributed by atoms with Gasteiger partial charge in [-0.15, -0.1) is 0 Å². The predicted molar refractivity (Wildman–Crippen MR) is 78.0 cm³/mol. The van der Waals surface area contributed by atoms with Crippen molar-refractivity contribution >= 4 is 11.8 Å². The summed E-state index contributed by atoms with van der Waals surface area (Å²) >= 11 is 0. The van der Waals surface area contributed by atoms with Crippen molar-refractivity contribution in [3.8, 4) is 0 Å². The average molecular weight is 270 g/mol. The van der Waals surface area contributed by atoms with Gasteiger partial charge < -0.3 is 9.80 Å². The molecule has 1 fully saturated rings. The molecule has 1 aliphatic heterocycles. The van der Waals surface area contributed by atoms with Crippen molar-refractivity contribution in [2.24, 2.45) is 0 Å². The Hall–Kier alpha value is -2.24. The Bertz CT molecular complexity index is 557. The molecule has 0 aliphatic carbocycles. The first kappa shape index (κ1) is 12.8. The van der Waals surface area contributed by atoms with Crippen LogP contribution in [0.15, 0.2) is 24.5 Å². The summed E-state index contributed by atoms with van der Waals surface area (Å²) in [6, 6.07) is 3.88. The largest absolute Gasteiger partial charge is 0.353 e. The molecule has 6 nitrogen and oxygen atoms in total. The van der Waals surface area contributed by atoms with Crippen LogP contribution in [-0.4, -0.2) is 46.1 Å². The summed E-state index contributed by atoms with van der Waals surface area (Å²) in [5.41, 5.74) is 1.02. The van der Waals surface area contributed by atoms with Crippen LogP contribution in [0.4, 0.5) is 11.8 Å². The number of rotatable bonds is 2. The summed E-state index contributed by atoms with van der Waals surface area (Å²) in [6.07, 6.45) is 3.57. The van der Waals surface area contributed by atoms with E-state index in [2.05, 4.69) is 29.7 Å². The predicted octanol–water partition coefficient (Wildman–Crippen LogP) is 1.21. The minimum atomic E-state index is 0.808. The third kappa shape index (κ3) is 2.68. The lowest BCUT2D eigenvalue weighted by molar-refractivity contribution is 0.632. The lowest BCUT2D eigenvalue weighted by Crippen LogP contribution is -2.47. The Kier molecular flexibility index (Phi) is 3.45. The lowest BCUT2D eigenvalue weighted by Gasteiger charge is -2.35. The monoisotopic (exact) mass is 270 g/mol. The van der Waals surface area contributed by atoms with Crippen LogP contribution >= 0.6 is 0 Å². The van der Waals surface area contributed by atoms with Crippen LogP contribution < -0.4 is 9.80 Å². The molecule has 0 saturated carbocycles. The quantitative estimate of drug-likeness (QED) is 0.817. The van der Waals surface area contributed by atoms with E-state index in [1.165, 1.54) is 0 Å². The molecule has 3 rings (SSSR count). The Morgan fingerprint density at radius 3 is 2.20 bits per heavy atom. The van der Waals surface area contributed by atoms with E-state index in [9.17, 15) is 0 Å². The van der Waals surface area contributed by atoms with Crippen molar-refractivity contribution in [1.82, 2.24) is 19.9 Å². The van der Waals surface area contributed by atoms with Crippen molar-refractivity contribution < 1.29 is 0 Å². The maximum atomic E-state index is 4.52. The Labute approximate surface area is 118 Å². The molecular formula is C14H18N6. The second-order valence-corrected chi connectivity index (χ2v) is 4.94. The number of piperazine rings is 1. The van der Waals surface area contributed by atoms with Crippen LogP contribution in [0.2, 0.25) is 0 Å². The second kappa shape index (κ2) is 5.40. The Balaban J connectivity index is 1.69. The van der Waals surface area contributed by atoms with Crippen molar-refractivity contribution in [1.29, 1.82) is 0 Å². The van der Waals surface area contributed by atoms with Gasteiger partial charge in [0, 0.05) is 50.3 Å². The van der Waals surface area contributed by atoms with Gasteiger partial charge in [0.15, 0.2) is 0 Å². The van der Waals surface area contributed by atoms with Crippen molar-refractivity contribution in [3.05, 3.63) is 36.0 Å². The molecule has 0 bridgehead atoms. The smallest absolute Gasteiger partial charge is 0.225 e. The highest BCUT2D eigenvalue weighted by Gasteiger charge is 2.20. The van der Waals surface area contributed by atoms with Gasteiger partial charge >= 0.3 is 0 Å². The highest BCUT2D eigenvalue weighted by molar-refractivity contribution is 5.43. The number of aromatic nitrogens is 4. The van der Waals surface area contributed by atoms with Crippen LogP contribution in [-0.2, 0) is 0 Å². The summed E-state index contributed by atoms with van der Waals surface area (Å²) in [7, 11) is 0. The van der Waals surface area contributed by atoms with Gasteiger partial charge in [0.25, 0.3) is 0 Å². The first-order valence-corrected chi connectivity index (χ1v) is 6.81. The molecule has 104 valence electrons. The molecule has 2 aromatic heterocycles. The van der Waals surface area contributed by atoms with Crippen LogP contribution in [0.1, 0.15) is 11.5 Å². The number of hydrogen-bond acceptors (Lipinski definition) is 6. The van der Waals surface area contributed by atoms with Crippen LogP contribution in [0.25, 0.3) is 0 Å². The fourth-order valence-electron chi connectivity index (χ4n) is 2.45. The molecule has 0 atom stereocenters. The molecule has 2 aromatic rings. The first-order valence-electron chi connectivity index (χ1n) is 6.81. The molecule has 0 radical (unpaired) electrons. The molecule has 6 heteroatoms.